The second kappa shape index (κ2) is 3.30. The lowest BCUT2D eigenvalue weighted by Crippen LogP contribution is -2.22. The quantitative estimate of drug-likeness (QED) is 0.536. The molecule has 0 saturated carbocycles. The predicted molar refractivity (Wildman–Crippen MR) is 48.6 cm³/mol. The SMILES string of the molecule is C=NC1=C(C=NC)C(=O)N(C)C1. The topological polar surface area (TPSA) is 45.0 Å². The molecule has 1 aliphatic heterocycles. The fourth-order valence-corrected chi connectivity index (χ4v) is 1.10. The van der Waals surface area contributed by atoms with E-state index in [9.17, 15) is 4.79 Å². The molecule has 0 fully saturated rings. The van der Waals surface area contributed by atoms with Gasteiger partial charge in [-0.3, -0.25) is 14.8 Å². The summed E-state index contributed by atoms with van der Waals surface area (Å²) in [4.78, 5) is 20.5. The third-order valence-corrected chi connectivity index (χ3v) is 1.72. The van der Waals surface area contributed by atoms with Gasteiger partial charge in [-0.25, -0.2) is 0 Å². The summed E-state index contributed by atoms with van der Waals surface area (Å²) in [7, 11) is 3.35. The van der Waals surface area contributed by atoms with E-state index in [4.69, 9.17) is 0 Å². The van der Waals surface area contributed by atoms with Gasteiger partial charge in [0.2, 0.25) is 0 Å². The highest BCUT2D eigenvalue weighted by atomic mass is 16.2. The second-order valence-corrected chi connectivity index (χ2v) is 2.57. The van der Waals surface area contributed by atoms with Gasteiger partial charge in [-0.05, 0) is 6.72 Å². The number of likely N-dealkylation sites (N-methyl/N-ethyl adjacent to an activating group) is 1. The van der Waals surface area contributed by atoms with Gasteiger partial charge >= 0.3 is 0 Å². The first-order valence-corrected chi connectivity index (χ1v) is 3.58. The average Bonchev–Trinajstić information content (AvgIpc) is 2.33. The number of nitrogens with zero attached hydrogens (tertiary/aromatic N) is 3. The summed E-state index contributed by atoms with van der Waals surface area (Å²) in [5.41, 5.74) is 1.25. The van der Waals surface area contributed by atoms with Crippen molar-refractivity contribution in [3.05, 3.63) is 11.3 Å². The smallest absolute Gasteiger partial charge is 0.257 e. The molecule has 64 valence electrons. The van der Waals surface area contributed by atoms with Crippen molar-refractivity contribution < 1.29 is 4.79 Å². The predicted octanol–water partition coefficient (Wildman–Crippen LogP) is 0.114. The molecule has 0 aromatic rings. The summed E-state index contributed by atoms with van der Waals surface area (Å²) in [6.45, 7) is 3.93. The molecule has 0 radical (unpaired) electrons. The van der Waals surface area contributed by atoms with Crippen molar-refractivity contribution in [3.63, 3.8) is 0 Å². The number of rotatable bonds is 2. The number of carbonyl (C=O) groups is 1. The molecule has 0 saturated heterocycles. The van der Waals surface area contributed by atoms with Gasteiger partial charge < -0.3 is 4.90 Å². The van der Waals surface area contributed by atoms with Crippen LogP contribution in [0.1, 0.15) is 0 Å². The van der Waals surface area contributed by atoms with Crippen LogP contribution < -0.4 is 0 Å². The lowest BCUT2D eigenvalue weighted by Gasteiger charge is -2.05. The van der Waals surface area contributed by atoms with Gasteiger partial charge in [0.05, 0.1) is 17.8 Å². The molecule has 0 aromatic carbocycles. The van der Waals surface area contributed by atoms with Crippen LogP contribution in [0.4, 0.5) is 0 Å². The minimum atomic E-state index is -0.0389. The van der Waals surface area contributed by atoms with Gasteiger partial charge in [0, 0.05) is 20.3 Å². The Bertz CT molecular complexity index is 278. The van der Waals surface area contributed by atoms with E-state index in [2.05, 4.69) is 16.7 Å². The third kappa shape index (κ3) is 1.28. The van der Waals surface area contributed by atoms with Gasteiger partial charge in [-0.2, -0.15) is 0 Å². The molecule has 0 unspecified atom stereocenters. The van der Waals surface area contributed by atoms with Crippen LogP contribution in [-0.4, -0.2) is 44.4 Å². The summed E-state index contributed by atoms with van der Waals surface area (Å²) in [5.74, 6) is -0.0389. The van der Waals surface area contributed by atoms with Crippen LogP contribution >= 0.6 is 0 Å². The van der Waals surface area contributed by atoms with E-state index in [1.807, 2.05) is 0 Å². The minimum Gasteiger partial charge on any atom is -0.336 e. The summed E-state index contributed by atoms with van der Waals surface area (Å²) < 4.78 is 0. The van der Waals surface area contributed by atoms with Crippen LogP contribution in [0.15, 0.2) is 21.3 Å². The first-order chi connectivity index (χ1) is 5.70. The molecule has 0 bridgehead atoms. The van der Waals surface area contributed by atoms with Crippen molar-refractivity contribution in [1.29, 1.82) is 0 Å². The van der Waals surface area contributed by atoms with Crippen molar-refractivity contribution >= 4 is 18.8 Å². The average molecular weight is 165 g/mol. The van der Waals surface area contributed by atoms with Crippen LogP contribution in [0.3, 0.4) is 0 Å². The van der Waals surface area contributed by atoms with Crippen molar-refractivity contribution in [2.75, 3.05) is 20.6 Å². The summed E-state index contributed by atoms with van der Waals surface area (Å²) in [6, 6.07) is 0. The molecule has 1 amide bonds. The summed E-state index contributed by atoms with van der Waals surface area (Å²) >= 11 is 0. The van der Waals surface area contributed by atoms with Crippen LogP contribution in [0.5, 0.6) is 0 Å². The van der Waals surface area contributed by atoms with Crippen molar-refractivity contribution in [2.24, 2.45) is 9.98 Å². The second-order valence-electron chi connectivity index (χ2n) is 2.57. The van der Waals surface area contributed by atoms with Crippen molar-refractivity contribution in [1.82, 2.24) is 4.90 Å². The van der Waals surface area contributed by atoms with Gasteiger partial charge in [0.15, 0.2) is 0 Å². The lowest BCUT2D eigenvalue weighted by molar-refractivity contribution is -0.123. The highest BCUT2D eigenvalue weighted by Crippen LogP contribution is 2.16. The van der Waals surface area contributed by atoms with E-state index >= 15 is 0 Å². The molecule has 0 N–H and O–H groups in total. The molecule has 0 aliphatic carbocycles. The standard InChI is InChI=1S/C8H11N3O/c1-9-4-6-7(10-2)5-11(3)8(6)12/h4H,2,5H2,1,3H3. The van der Waals surface area contributed by atoms with E-state index in [1.165, 1.54) is 6.21 Å². The third-order valence-electron chi connectivity index (χ3n) is 1.72. The molecule has 4 nitrogen and oxygen atoms in total. The number of hydrogen-bond donors (Lipinski definition) is 0. The van der Waals surface area contributed by atoms with Crippen LogP contribution in [0.2, 0.25) is 0 Å². The Kier molecular flexibility index (Phi) is 2.38. The van der Waals surface area contributed by atoms with Crippen LogP contribution in [0, 0.1) is 0 Å². The fraction of sp³-hybridized carbons (Fsp3) is 0.375. The van der Waals surface area contributed by atoms with Gasteiger partial charge in [-0.15, -0.1) is 0 Å². The molecule has 4 heteroatoms. The molecule has 0 spiro atoms. The zero-order valence-corrected chi connectivity index (χ0v) is 7.24. The van der Waals surface area contributed by atoms with E-state index in [-0.39, 0.29) is 5.91 Å². The first-order valence-electron chi connectivity index (χ1n) is 3.58. The maximum Gasteiger partial charge on any atom is 0.257 e. The molecule has 12 heavy (non-hydrogen) atoms. The molecule has 0 atom stereocenters. The molecule has 1 heterocycles. The van der Waals surface area contributed by atoms with Crippen molar-refractivity contribution in [3.8, 4) is 0 Å². The first kappa shape index (κ1) is 8.64. The maximum atomic E-state index is 11.4. The normalized spacial score (nSPS) is 18.2. The monoisotopic (exact) mass is 165 g/mol. The van der Waals surface area contributed by atoms with Gasteiger partial charge in [0.1, 0.15) is 0 Å². The molecular weight excluding hydrogens is 154 g/mol. The zero-order chi connectivity index (χ0) is 9.14. The number of carbonyl (C=O) groups excluding carboxylic acids is 1. The summed E-state index contributed by atoms with van der Waals surface area (Å²) in [5, 5.41) is 0. The van der Waals surface area contributed by atoms with E-state index < -0.39 is 0 Å². The van der Waals surface area contributed by atoms with Crippen LogP contribution in [-0.2, 0) is 4.79 Å². The Hall–Kier alpha value is -1.45. The molecular formula is C8H11N3O. The highest BCUT2D eigenvalue weighted by molar-refractivity contribution is 6.14. The van der Waals surface area contributed by atoms with Gasteiger partial charge in [0.25, 0.3) is 5.91 Å². The minimum absolute atomic E-state index is 0.0389. The number of hydrogen-bond acceptors (Lipinski definition) is 3. The Morgan fingerprint density at radius 3 is 2.83 bits per heavy atom. The zero-order valence-electron chi connectivity index (χ0n) is 7.24. The van der Waals surface area contributed by atoms with Crippen LogP contribution in [0.25, 0.3) is 0 Å². The summed E-state index contributed by atoms with van der Waals surface area (Å²) in [6.07, 6.45) is 1.52. The van der Waals surface area contributed by atoms with E-state index in [0.29, 0.717) is 17.8 Å². The van der Waals surface area contributed by atoms with Gasteiger partial charge in [-0.1, -0.05) is 0 Å². The van der Waals surface area contributed by atoms with Crippen molar-refractivity contribution in [2.45, 2.75) is 0 Å². The van der Waals surface area contributed by atoms with E-state index in [1.54, 1.807) is 19.0 Å². The molecule has 0 aromatic heterocycles. The lowest BCUT2D eigenvalue weighted by atomic mass is 10.2. The Morgan fingerprint density at radius 1 is 1.67 bits per heavy atom. The Balaban J connectivity index is 3.02. The highest BCUT2D eigenvalue weighted by Gasteiger charge is 2.25. The Labute approximate surface area is 71.3 Å². The largest absolute Gasteiger partial charge is 0.336 e. The number of aliphatic imine (C=N–C) groups is 2. The molecule has 1 rings (SSSR count). The maximum absolute atomic E-state index is 11.4. The molecule has 1 aliphatic rings. The number of amides is 1. The Morgan fingerprint density at radius 2 is 2.33 bits per heavy atom. The fourth-order valence-electron chi connectivity index (χ4n) is 1.10. The van der Waals surface area contributed by atoms with E-state index in [0.717, 1.165) is 0 Å².